The molecular formula is C14H18BrN3O3. The molecule has 2 rings (SSSR count). The summed E-state index contributed by atoms with van der Waals surface area (Å²) in [7, 11) is 0. The molecule has 1 aromatic heterocycles. The van der Waals surface area contributed by atoms with E-state index in [2.05, 4.69) is 20.9 Å². The third-order valence-corrected chi connectivity index (χ3v) is 3.31. The Balaban J connectivity index is 2.03. The predicted molar refractivity (Wildman–Crippen MR) is 82.1 cm³/mol. The fourth-order valence-electron chi connectivity index (χ4n) is 1.98. The number of carbonyl (C=O) groups excluding carboxylic acids is 2. The van der Waals surface area contributed by atoms with Crippen molar-refractivity contribution in [3.05, 3.63) is 22.9 Å². The number of nitrogens with zero attached hydrogens (tertiary/aromatic N) is 3. The van der Waals surface area contributed by atoms with Crippen LogP contribution in [0.25, 0.3) is 0 Å². The topological polar surface area (TPSA) is 62.7 Å². The first-order chi connectivity index (χ1) is 9.76. The fraction of sp³-hybridized carbons (Fsp3) is 0.500. The van der Waals surface area contributed by atoms with Crippen LogP contribution in [0.4, 0.5) is 10.5 Å². The van der Waals surface area contributed by atoms with Crippen LogP contribution in [-0.4, -0.2) is 47.1 Å². The van der Waals surface area contributed by atoms with Crippen molar-refractivity contribution in [3.63, 3.8) is 0 Å². The number of amides is 2. The molecule has 0 unspecified atom stereocenters. The summed E-state index contributed by atoms with van der Waals surface area (Å²) >= 11 is 3.33. The van der Waals surface area contributed by atoms with E-state index in [1.54, 1.807) is 38.1 Å². The minimum Gasteiger partial charge on any atom is -0.444 e. The molecule has 0 bridgehead atoms. The number of halogens is 1. The molecule has 7 heteroatoms. The lowest BCUT2D eigenvalue weighted by Crippen LogP contribution is -2.53. The Morgan fingerprint density at radius 1 is 1.33 bits per heavy atom. The zero-order valence-corrected chi connectivity index (χ0v) is 13.9. The summed E-state index contributed by atoms with van der Waals surface area (Å²) in [5, 5.41) is 0. The van der Waals surface area contributed by atoms with E-state index in [9.17, 15) is 9.59 Å². The lowest BCUT2D eigenvalue weighted by Gasteiger charge is -2.35. The van der Waals surface area contributed by atoms with Gasteiger partial charge in [0.2, 0.25) is 5.91 Å². The summed E-state index contributed by atoms with van der Waals surface area (Å²) in [5.41, 5.74) is 0.157. The van der Waals surface area contributed by atoms with E-state index in [1.165, 1.54) is 4.90 Å². The van der Waals surface area contributed by atoms with Gasteiger partial charge < -0.3 is 9.64 Å². The van der Waals surface area contributed by atoms with Crippen molar-refractivity contribution in [1.82, 2.24) is 9.88 Å². The van der Waals surface area contributed by atoms with Gasteiger partial charge in [-0.1, -0.05) is 0 Å². The van der Waals surface area contributed by atoms with Gasteiger partial charge in [0.05, 0.1) is 11.9 Å². The van der Waals surface area contributed by atoms with Crippen LogP contribution in [0.3, 0.4) is 0 Å². The van der Waals surface area contributed by atoms with Gasteiger partial charge in [-0.2, -0.15) is 0 Å². The summed E-state index contributed by atoms with van der Waals surface area (Å²) in [5.74, 6) is -0.146. The van der Waals surface area contributed by atoms with Gasteiger partial charge in [-0.15, -0.1) is 0 Å². The maximum Gasteiger partial charge on any atom is 0.410 e. The third-order valence-electron chi connectivity index (χ3n) is 2.87. The van der Waals surface area contributed by atoms with Crippen LogP contribution in [0.2, 0.25) is 0 Å². The number of rotatable bonds is 1. The molecule has 114 valence electrons. The van der Waals surface area contributed by atoms with Crippen molar-refractivity contribution in [2.24, 2.45) is 0 Å². The first-order valence-electron chi connectivity index (χ1n) is 6.65. The number of hydrogen-bond donors (Lipinski definition) is 0. The summed E-state index contributed by atoms with van der Waals surface area (Å²) < 4.78 is 6.09. The van der Waals surface area contributed by atoms with Crippen molar-refractivity contribution >= 4 is 33.6 Å². The van der Waals surface area contributed by atoms with E-state index in [-0.39, 0.29) is 12.5 Å². The van der Waals surface area contributed by atoms with Gasteiger partial charge in [-0.3, -0.25) is 14.7 Å². The molecule has 1 fully saturated rings. The number of aromatic nitrogens is 1. The summed E-state index contributed by atoms with van der Waals surface area (Å²) in [4.78, 5) is 31.3. The van der Waals surface area contributed by atoms with Crippen LogP contribution < -0.4 is 4.90 Å². The van der Waals surface area contributed by atoms with Crippen molar-refractivity contribution in [2.45, 2.75) is 26.4 Å². The second-order valence-corrected chi connectivity index (χ2v) is 6.72. The molecule has 1 aliphatic heterocycles. The van der Waals surface area contributed by atoms with Crippen LogP contribution in [0.5, 0.6) is 0 Å². The van der Waals surface area contributed by atoms with Crippen LogP contribution in [-0.2, 0) is 9.53 Å². The molecule has 0 atom stereocenters. The number of carbonyl (C=O) groups is 2. The number of hydrogen-bond acceptors (Lipinski definition) is 4. The normalized spacial score (nSPS) is 16.1. The molecule has 6 nitrogen and oxygen atoms in total. The number of ether oxygens (including phenoxy) is 1. The molecular weight excluding hydrogens is 338 g/mol. The molecule has 2 heterocycles. The van der Waals surface area contributed by atoms with Crippen LogP contribution in [0, 0.1) is 0 Å². The van der Waals surface area contributed by atoms with Crippen molar-refractivity contribution in [1.29, 1.82) is 0 Å². The van der Waals surface area contributed by atoms with Gasteiger partial charge in [0.1, 0.15) is 12.1 Å². The SMILES string of the molecule is CC(C)(C)OC(=O)N1CCN(c2cncc(Br)c2)C(=O)C1. The second-order valence-electron chi connectivity index (χ2n) is 5.81. The highest BCUT2D eigenvalue weighted by Crippen LogP contribution is 2.21. The van der Waals surface area contributed by atoms with Crippen molar-refractivity contribution < 1.29 is 14.3 Å². The maximum absolute atomic E-state index is 12.2. The average Bonchev–Trinajstić information content (AvgIpc) is 2.36. The molecule has 0 saturated carbocycles. The van der Waals surface area contributed by atoms with E-state index < -0.39 is 11.7 Å². The minimum absolute atomic E-state index is 0.0153. The van der Waals surface area contributed by atoms with Gasteiger partial charge in [-0.25, -0.2) is 4.79 Å². The Morgan fingerprint density at radius 3 is 2.62 bits per heavy atom. The van der Waals surface area contributed by atoms with Gasteiger partial charge in [0.25, 0.3) is 0 Å². The second kappa shape index (κ2) is 6.01. The van der Waals surface area contributed by atoms with E-state index in [4.69, 9.17) is 4.74 Å². The highest BCUT2D eigenvalue weighted by Gasteiger charge is 2.30. The van der Waals surface area contributed by atoms with E-state index in [0.29, 0.717) is 13.1 Å². The molecule has 0 spiro atoms. The molecule has 0 aliphatic carbocycles. The van der Waals surface area contributed by atoms with Crippen molar-refractivity contribution in [2.75, 3.05) is 24.5 Å². The predicted octanol–water partition coefficient (Wildman–Crippen LogP) is 2.43. The number of piperazine rings is 1. The lowest BCUT2D eigenvalue weighted by molar-refractivity contribution is -0.121. The Hall–Kier alpha value is -1.63. The molecule has 0 radical (unpaired) electrons. The van der Waals surface area contributed by atoms with Crippen LogP contribution >= 0.6 is 15.9 Å². The monoisotopic (exact) mass is 355 g/mol. The van der Waals surface area contributed by atoms with Gasteiger partial charge in [0, 0.05) is 23.8 Å². The molecule has 1 aromatic rings. The Bertz CT molecular complexity index is 557. The molecule has 0 N–H and O–H groups in total. The zero-order valence-electron chi connectivity index (χ0n) is 12.3. The van der Waals surface area contributed by atoms with Crippen molar-refractivity contribution in [3.8, 4) is 0 Å². The first kappa shape index (κ1) is 15.8. The average molecular weight is 356 g/mol. The highest BCUT2D eigenvalue weighted by molar-refractivity contribution is 9.10. The highest BCUT2D eigenvalue weighted by atomic mass is 79.9. The Morgan fingerprint density at radius 2 is 2.05 bits per heavy atom. The number of pyridine rings is 1. The zero-order chi connectivity index (χ0) is 15.6. The molecule has 0 aromatic carbocycles. The van der Waals surface area contributed by atoms with Gasteiger partial charge in [-0.05, 0) is 42.8 Å². The van der Waals surface area contributed by atoms with E-state index >= 15 is 0 Å². The standard InChI is InChI=1S/C14H18BrN3O3/c1-14(2,3)21-13(20)17-4-5-18(12(19)9-17)11-6-10(15)7-16-8-11/h6-8H,4-5,9H2,1-3H3. The largest absolute Gasteiger partial charge is 0.444 e. The molecule has 21 heavy (non-hydrogen) atoms. The smallest absolute Gasteiger partial charge is 0.410 e. The van der Waals surface area contributed by atoms with Gasteiger partial charge >= 0.3 is 6.09 Å². The lowest BCUT2D eigenvalue weighted by atomic mass is 10.2. The quantitative estimate of drug-likeness (QED) is 0.775. The minimum atomic E-state index is -0.564. The summed E-state index contributed by atoms with van der Waals surface area (Å²) in [6, 6.07) is 1.83. The number of anilines is 1. The molecule has 1 saturated heterocycles. The van der Waals surface area contributed by atoms with Crippen LogP contribution in [0.1, 0.15) is 20.8 Å². The van der Waals surface area contributed by atoms with E-state index in [1.807, 2.05) is 6.07 Å². The fourth-order valence-corrected chi connectivity index (χ4v) is 2.33. The molecule has 1 aliphatic rings. The maximum atomic E-state index is 12.2. The third kappa shape index (κ3) is 4.17. The first-order valence-corrected chi connectivity index (χ1v) is 7.44. The van der Waals surface area contributed by atoms with E-state index in [0.717, 1.165) is 10.2 Å². The van der Waals surface area contributed by atoms with Crippen LogP contribution in [0.15, 0.2) is 22.9 Å². The van der Waals surface area contributed by atoms with Gasteiger partial charge in [0.15, 0.2) is 0 Å². The molecule has 2 amide bonds. The summed E-state index contributed by atoms with van der Waals surface area (Å²) in [6.07, 6.45) is 2.83. The summed E-state index contributed by atoms with van der Waals surface area (Å²) in [6.45, 7) is 6.28. The Labute approximate surface area is 132 Å². The Kier molecular flexibility index (Phi) is 4.51.